The second-order valence-corrected chi connectivity index (χ2v) is 7.72. The van der Waals surface area contributed by atoms with Crippen LogP contribution in [0.15, 0.2) is 77.9 Å². The number of amides is 1. The van der Waals surface area contributed by atoms with Crippen molar-refractivity contribution in [3.8, 4) is 5.75 Å². The lowest BCUT2D eigenvalue weighted by Gasteiger charge is -2.10. The van der Waals surface area contributed by atoms with Crippen LogP contribution in [0.3, 0.4) is 0 Å². The predicted octanol–water partition coefficient (Wildman–Crippen LogP) is 5.09. The minimum absolute atomic E-state index is 0.128. The van der Waals surface area contributed by atoms with Gasteiger partial charge in [-0.05, 0) is 65.1 Å². The maximum absolute atomic E-state index is 12.0. The van der Waals surface area contributed by atoms with E-state index in [4.69, 9.17) is 16.3 Å². The number of carbonyl (C=O) groups is 1. The highest BCUT2D eigenvalue weighted by Gasteiger charge is 2.04. The van der Waals surface area contributed by atoms with Crippen LogP contribution in [0.5, 0.6) is 5.75 Å². The Balaban J connectivity index is 1.53. The zero-order chi connectivity index (χ0) is 20.5. The molecule has 7 heteroatoms. The summed E-state index contributed by atoms with van der Waals surface area (Å²) >= 11 is 8.40. The smallest absolute Gasteiger partial charge is 0.259 e. The van der Waals surface area contributed by atoms with Crippen LogP contribution >= 0.6 is 34.2 Å². The van der Waals surface area contributed by atoms with Crippen molar-refractivity contribution in [1.82, 2.24) is 5.43 Å². The van der Waals surface area contributed by atoms with E-state index in [1.54, 1.807) is 6.21 Å². The Bertz CT molecular complexity index is 993. The molecule has 0 heterocycles. The third-order valence-corrected chi connectivity index (χ3v) is 5.04. The van der Waals surface area contributed by atoms with E-state index in [9.17, 15) is 4.79 Å². The Morgan fingerprint density at radius 1 is 1.03 bits per heavy atom. The third kappa shape index (κ3) is 6.76. The second-order valence-electron chi connectivity index (χ2n) is 6.07. The first kappa shape index (κ1) is 21.1. The summed E-state index contributed by atoms with van der Waals surface area (Å²) in [5.74, 6) is 0.414. The lowest BCUT2D eigenvalue weighted by Crippen LogP contribution is -2.25. The van der Waals surface area contributed by atoms with E-state index in [1.807, 2.05) is 72.8 Å². The van der Waals surface area contributed by atoms with Crippen molar-refractivity contribution >= 4 is 52.0 Å². The van der Waals surface area contributed by atoms with Gasteiger partial charge in [0.1, 0.15) is 12.4 Å². The summed E-state index contributed by atoms with van der Waals surface area (Å²) in [4.78, 5) is 12.0. The van der Waals surface area contributed by atoms with E-state index >= 15 is 0 Å². The molecule has 5 nitrogen and oxygen atoms in total. The van der Waals surface area contributed by atoms with E-state index in [1.165, 1.54) is 0 Å². The Morgan fingerprint density at radius 2 is 1.76 bits per heavy atom. The van der Waals surface area contributed by atoms with Crippen molar-refractivity contribution in [2.24, 2.45) is 5.10 Å². The second kappa shape index (κ2) is 10.8. The molecule has 1 amide bonds. The van der Waals surface area contributed by atoms with Crippen molar-refractivity contribution in [3.63, 3.8) is 0 Å². The van der Waals surface area contributed by atoms with Crippen molar-refractivity contribution in [1.29, 1.82) is 0 Å². The Hall–Kier alpha value is -2.58. The standard InChI is InChI=1S/C22H19ClIN3O2/c23-20-7-3-1-6-17(20)15-29-21-8-4-2-5-16(21)13-26-27-22(28)14-25-19-11-9-18(24)10-12-19/h1-13,25H,14-15H2,(H,27,28)/b26-13-. The molecular weight excluding hydrogens is 501 g/mol. The molecular formula is C22H19ClIN3O2. The largest absolute Gasteiger partial charge is 0.488 e. The van der Waals surface area contributed by atoms with Gasteiger partial charge in [-0.3, -0.25) is 4.79 Å². The summed E-state index contributed by atoms with van der Waals surface area (Å²) in [5.41, 5.74) is 5.04. The zero-order valence-corrected chi connectivity index (χ0v) is 18.4. The van der Waals surface area contributed by atoms with Gasteiger partial charge in [-0.1, -0.05) is 41.9 Å². The number of benzene rings is 3. The number of anilines is 1. The third-order valence-electron chi connectivity index (χ3n) is 3.95. The van der Waals surface area contributed by atoms with Crippen LogP contribution in [0.1, 0.15) is 11.1 Å². The molecule has 3 rings (SSSR count). The fourth-order valence-electron chi connectivity index (χ4n) is 2.45. The molecule has 0 radical (unpaired) electrons. The first-order valence-electron chi connectivity index (χ1n) is 8.88. The quantitative estimate of drug-likeness (QED) is 0.248. The summed E-state index contributed by atoms with van der Waals surface area (Å²) in [6.45, 7) is 0.472. The normalized spacial score (nSPS) is 10.7. The number of ether oxygens (including phenoxy) is 1. The Labute approximate surface area is 188 Å². The summed E-state index contributed by atoms with van der Waals surface area (Å²) in [5, 5.41) is 7.74. The van der Waals surface area contributed by atoms with Gasteiger partial charge in [-0.2, -0.15) is 5.10 Å². The maximum Gasteiger partial charge on any atom is 0.259 e. The number of nitrogens with one attached hydrogen (secondary N) is 2. The van der Waals surface area contributed by atoms with Crippen molar-refractivity contribution < 1.29 is 9.53 Å². The van der Waals surface area contributed by atoms with Gasteiger partial charge in [-0.25, -0.2) is 5.43 Å². The van der Waals surface area contributed by atoms with Crippen LogP contribution < -0.4 is 15.5 Å². The van der Waals surface area contributed by atoms with Gasteiger partial charge in [0.2, 0.25) is 0 Å². The highest BCUT2D eigenvalue weighted by Crippen LogP contribution is 2.20. The molecule has 0 bridgehead atoms. The molecule has 0 unspecified atom stereocenters. The molecule has 0 aliphatic rings. The highest BCUT2D eigenvalue weighted by atomic mass is 127. The van der Waals surface area contributed by atoms with Gasteiger partial charge in [0, 0.05) is 25.4 Å². The lowest BCUT2D eigenvalue weighted by atomic mass is 10.2. The van der Waals surface area contributed by atoms with E-state index in [0.29, 0.717) is 17.4 Å². The first-order chi connectivity index (χ1) is 14.1. The average molecular weight is 520 g/mol. The van der Waals surface area contributed by atoms with Crippen molar-refractivity contribution in [2.45, 2.75) is 6.61 Å². The van der Waals surface area contributed by atoms with Gasteiger partial charge < -0.3 is 10.1 Å². The highest BCUT2D eigenvalue weighted by molar-refractivity contribution is 14.1. The molecule has 0 aliphatic carbocycles. The topological polar surface area (TPSA) is 62.7 Å². The molecule has 148 valence electrons. The maximum atomic E-state index is 12.0. The summed E-state index contributed by atoms with van der Waals surface area (Å²) in [7, 11) is 0. The first-order valence-corrected chi connectivity index (χ1v) is 10.3. The number of para-hydroxylation sites is 1. The van der Waals surface area contributed by atoms with Gasteiger partial charge in [0.15, 0.2) is 0 Å². The lowest BCUT2D eigenvalue weighted by molar-refractivity contribution is -0.119. The number of halogens is 2. The molecule has 0 fully saturated rings. The predicted molar refractivity (Wildman–Crippen MR) is 126 cm³/mol. The SMILES string of the molecule is O=C(CNc1ccc(I)cc1)N/N=C\c1ccccc1OCc1ccccc1Cl. The summed E-state index contributed by atoms with van der Waals surface area (Å²) in [6.07, 6.45) is 1.56. The van der Waals surface area contributed by atoms with Crippen LogP contribution in [0.4, 0.5) is 5.69 Å². The number of hydrazone groups is 1. The van der Waals surface area contributed by atoms with Crippen LogP contribution in [-0.2, 0) is 11.4 Å². The van der Waals surface area contributed by atoms with Crippen LogP contribution in [0.2, 0.25) is 5.02 Å². The van der Waals surface area contributed by atoms with Crippen LogP contribution in [0.25, 0.3) is 0 Å². The number of hydrogen-bond acceptors (Lipinski definition) is 4. The number of rotatable bonds is 8. The number of nitrogens with zero attached hydrogens (tertiary/aromatic N) is 1. The van der Waals surface area contributed by atoms with Crippen molar-refractivity contribution in [3.05, 3.63) is 92.5 Å². The van der Waals surface area contributed by atoms with Gasteiger partial charge in [0.25, 0.3) is 5.91 Å². The molecule has 0 saturated heterocycles. The molecule has 0 spiro atoms. The molecule has 0 atom stereocenters. The van der Waals surface area contributed by atoms with Crippen molar-refractivity contribution in [2.75, 3.05) is 11.9 Å². The molecule has 29 heavy (non-hydrogen) atoms. The zero-order valence-electron chi connectivity index (χ0n) is 15.4. The average Bonchev–Trinajstić information content (AvgIpc) is 2.73. The molecule has 0 aliphatic heterocycles. The Morgan fingerprint density at radius 3 is 2.55 bits per heavy atom. The molecule has 3 aromatic carbocycles. The minimum atomic E-state index is -0.241. The fourth-order valence-corrected chi connectivity index (χ4v) is 3.00. The monoisotopic (exact) mass is 519 g/mol. The molecule has 0 saturated carbocycles. The summed E-state index contributed by atoms with van der Waals surface area (Å²) in [6, 6.07) is 22.8. The van der Waals surface area contributed by atoms with Crippen LogP contribution in [0, 0.1) is 3.57 Å². The van der Waals surface area contributed by atoms with E-state index in [2.05, 4.69) is 38.4 Å². The Kier molecular flexibility index (Phi) is 7.89. The fraction of sp³-hybridized carbons (Fsp3) is 0.0909. The molecule has 0 aromatic heterocycles. The number of carbonyl (C=O) groups excluding carboxylic acids is 1. The van der Waals surface area contributed by atoms with E-state index < -0.39 is 0 Å². The van der Waals surface area contributed by atoms with Crippen LogP contribution in [-0.4, -0.2) is 18.7 Å². The van der Waals surface area contributed by atoms with Gasteiger partial charge in [-0.15, -0.1) is 0 Å². The minimum Gasteiger partial charge on any atom is -0.488 e. The van der Waals surface area contributed by atoms with Gasteiger partial charge >= 0.3 is 0 Å². The summed E-state index contributed by atoms with van der Waals surface area (Å²) < 4.78 is 7.01. The number of hydrogen-bond donors (Lipinski definition) is 2. The van der Waals surface area contributed by atoms with E-state index in [0.717, 1.165) is 20.4 Å². The van der Waals surface area contributed by atoms with Gasteiger partial charge in [0.05, 0.1) is 12.8 Å². The van der Waals surface area contributed by atoms with E-state index in [-0.39, 0.29) is 12.5 Å². The molecule has 3 aromatic rings. The molecule has 2 N–H and O–H groups in total.